The SMILES string of the molecule is c1cc2nccc-2n(N2CCCC2)c1. The third kappa shape index (κ3) is 1.09. The molecule has 0 aromatic rings. The maximum Gasteiger partial charge on any atom is 0.0893 e. The Morgan fingerprint density at radius 2 is 2.00 bits per heavy atom. The van der Waals surface area contributed by atoms with E-state index in [0.29, 0.717) is 0 Å². The Morgan fingerprint density at radius 1 is 1.14 bits per heavy atom. The molecular weight excluding hydrogens is 174 g/mol. The average molecular weight is 187 g/mol. The van der Waals surface area contributed by atoms with E-state index < -0.39 is 0 Å². The number of rotatable bonds is 1. The summed E-state index contributed by atoms with van der Waals surface area (Å²) in [6, 6.07) is 6.20. The molecule has 0 atom stereocenters. The monoisotopic (exact) mass is 187 g/mol. The molecule has 0 aromatic heterocycles. The fraction of sp³-hybridized carbons (Fsp3) is 0.364. The molecule has 0 aromatic carbocycles. The van der Waals surface area contributed by atoms with Crippen LogP contribution in [-0.2, 0) is 0 Å². The standard InChI is InChI=1S/C11H13N3/c1-2-8-13(7-1)14-9-3-4-10-11(14)5-6-12-10/h3-6,9H,1-2,7-8H2. The minimum absolute atomic E-state index is 1.08. The Hall–Kier alpha value is -1.51. The van der Waals surface area contributed by atoms with Gasteiger partial charge in [-0.05, 0) is 31.0 Å². The lowest BCUT2D eigenvalue weighted by atomic mass is 10.3. The largest absolute Gasteiger partial charge is 0.313 e. The van der Waals surface area contributed by atoms with Gasteiger partial charge in [0.15, 0.2) is 0 Å². The van der Waals surface area contributed by atoms with Crippen LogP contribution in [0.25, 0.3) is 11.4 Å². The molecule has 3 heteroatoms. The molecule has 0 radical (unpaired) electrons. The molecule has 3 aliphatic rings. The highest BCUT2D eigenvalue weighted by Crippen LogP contribution is 2.20. The van der Waals surface area contributed by atoms with Gasteiger partial charge in [-0.25, -0.2) is 0 Å². The average Bonchev–Trinajstić information content (AvgIpc) is 2.88. The van der Waals surface area contributed by atoms with Gasteiger partial charge in [0.2, 0.25) is 0 Å². The van der Waals surface area contributed by atoms with Crippen molar-refractivity contribution in [1.82, 2.24) is 9.66 Å². The van der Waals surface area contributed by atoms with Crippen molar-refractivity contribution in [2.45, 2.75) is 12.8 Å². The van der Waals surface area contributed by atoms with Crippen LogP contribution in [0.2, 0.25) is 0 Å². The predicted octanol–water partition coefficient (Wildman–Crippen LogP) is 1.72. The van der Waals surface area contributed by atoms with Gasteiger partial charge in [0.05, 0.1) is 11.4 Å². The van der Waals surface area contributed by atoms with Crippen LogP contribution >= 0.6 is 0 Å². The van der Waals surface area contributed by atoms with Crippen LogP contribution < -0.4 is 5.01 Å². The van der Waals surface area contributed by atoms with Crippen LogP contribution in [0.15, 0.2) is 30.6 Å². The van der Waals surface area contributed by atoms with Gasteiger partial charge in [-0.1, -0.05) is 0 Å². The number of fused-ring (bicyclic) bond motifs is 1. The van der Waals surface area contributed by atoms with Crippen molar-refractivity contribution in [1.29, 1.82) is 0 Å². The lowest BCUT2D eigenvalue weighted by Gasteiger charge is -2.24. The van der Waals surface area contributed by atoms with Crippen LogP contribution in [0, 0.1) is 0 Å². The lowest BCUT2D eigenvalue weighted by Crippen LogP contribution is -2.31. The number of aromatic nitrogens is 2. The second kappa shape index (κ2) is 3.01. The zero-order valence-corrected chi connectivity index (χ0v) is 8.06. The molecule has 3 aliphatic heterocycles. The Labute approximate surface area is 83.3 Å². The number of pyridine rings is 1. The maximum absolute atomic E-state index is 4.30. The first-order chi connectivity index (χ1) is 6.95. The summed E-state index contributed by atoms with van der Waals surface area (Å²) in [6.07, 6.45) is 6.60. The second-order valence-corrected chi connectivity index (χ2v) is 3.73. The summed E-state index contributed by atoms with van der Waals surface area (Å²) in [5, 5.41) is 2.38. The van der Waals surface area contributed by atoms with E-state index in [9.17, 15) is 0 Å². The molecule has 0 unspecified atom stereocenters. The fourth-order valence-corrected chi connectivity index (χ4v) is 2.12. The molecule has 72 valence electrons. The van der Waals surface area contributed by atoms with Crippen LogP contribution in [0.5, 0.6) is 0 Å². The van der Waals surface area contributed by atoms with Gasteiger partial charge >= 0.3 is 0 Å². The second-order valence-electron chi connectivity index (χ2n) is 3.73. The summed E-state index contributed by atoms with van der Waals surface area (Å²) >= 11 is 0. The summed E-state index contributed by atoms with van der Waals surface area (Å²) in [6.45, 7) is 2.32. The normalized spacial score (nSPS) is 16.7. The molecule has 0 bridgehead atoms. The van der Waals surface area contributed by atoms with Gasteiger partial charge in [-0.15, -0.1) is 0 Å². The highest BCUT2D eigenvalue weighted by Gasteiger charge is 2.15. The van der Waals surface area contributed by atoms with E-state index in [-0.39, 0.29) is 0 Å². The predicted molar refractivity (Wildman–Crippen MR) is 56.0 cm³/mol. The highest BCUT2D eigenvalue weighted by molar-refractivity contribution is 5.57. The molecule has 0 spiro atoms. The van der Waals surface area contributed by atoms with Crippen molar-refractivity contribution < 1.29 is 0 Å². The van der Waals surface area contributed by atoms with E-state index in [4.69, 9.17) is 0 Å². The van der Waals surface area contributed by atoms with E-state index in [1.54, 1.807) is 0 Å². The molecule has 14 heavy (non-hydrogen) atoms. The van der Waals surface area contributed by atoms with E-state index in [0.717, 1.165) is 18.8 Å². The Bertz CT molecular complexity index is 401. The summed E-state index contributed by atoms with van der Waals surface area (Å²) < 4.78 is 2.23. The molecule has 3 rings (SSSR count). The van der Waals surface area contributed by atoms with Gasteiger partial charge in [-0.3, -0.25) is 9.66 Å². The van der Waals surface area contributed by atoms with Gasteiger partial charge < -0.3 is 5.01 Å². The molecule has 3 heterocycles. The molecular formula is C11H13N3. The van der Waals surface area contributed by atoms with Gasteiger partial charge in [0.25, 0.3) is 0 Å². The summed E-state index contributed by atoms with van der Waals surface area (Å²) in [4.78, 5) is 4.30. The first kappa shape index (κ1) is 7.85. The molecule has 0 amide bonds. The van der Waals surface area contributed by atoms with E-state index in [2.05, 4.69) is 39.1 Å². The topological polar surface area (TPSA) is 21.1 Å². The van der Waals surface area contributed by atoms with Crippen molar-refractivity contribution in [2.24, 2.45) is 0 Å². The minimum atomic E-state index is 1.08. The Kier molecular flexibility index (Phi) is 1.69. The van der Waals surface area contributed by atoms with Crippen molar-refractivity contribution in [3.05, 3.63) is 30.6 Å². The highest BCUT2D eigenvalue weighted by atomic mass is 15.5. The Morgan fingerprint density at radius 3 is 2.86 bits per heavy atom. The molecule has 0 N–H and O–H groups in total. The Balaban J connectivity index is 2.08. The van der Waals surface area contributed by atoms with E-state index >= 15 is 0 Å². The molecule has 3 nitrogen and oxygen atoms in total. The van der Waals surface area contributed by atoms with Crippen LogP contribution in [0.1, 0.15) is 12.8 Å². The summed E-state index contributed by atoms with van der Waals surface area (Å²) in [7, 11) is 0. The summed E-state index contributed by atoms with van der Waals surface area (Å²) in [5.41, 5.74) is 2.30. The first-order valence-electron chi connectivity index (χ1n) is 5.12. The van der Waals surface area contributed by atoms with Crippen molar-refractivity contribution in [3.63, 3.8) is 0 Å². The van der Waals surface area contributed by atoms with Crippen LogP contribution in [0.3, 0.4) is 0 Å². The maximum atomic E-state index is 4.30. The number of hydrogen-bond acceptors (Lipinski definition) is 2. The molecule has 1 fully saturated rings. The van der Waals surface area contributed by atoms with Crippen molar-refractivity contribution in [3.8, 4) is 11.4 Å². The van der Waals surface area contributed by atoms with Crippen molar-refractivity contribution in [2.75, 3.05) is 18.1 Å². The molecule has 0 saturated carbocycles. The summed E-state index contributed by atoms with van der Waals surface area (Å²) in [5.74, 6) is 0. The zero-order valence-electron chi connectivity index (χ0n) is 8.06. The molecule has 0 aliphatic carbocycles. The number of nitrogens with zero attached hydrogens (tertiary/aromatic N) is 3. The lowest BCUT2D eigenvalue weighted by molar-refractivity contribution is 0.665. The van der Waals surface area contributed by atoms with E-state index in [1.807, 2.05) is 6.20 Å². The molecule has 1 saturated heterocycles. The minimum Gasteiger partial charge on any atom is -0.313 e. The third-order valence-electron chi connectivity index (χ3n) is 2.82. The first-order valence-corrected chi connectivity index (χ1v) is 5.12. The van der Waals surface area contributed by atoms with Gasteiger partial charge in [0, 0.05) is 25.5 Å². The number of hydrogen-bond donors (Lipinski definition) is 0. The van der Waals surface area contributed by atoms with Gasteiger partial charge in [-0.2, -0.15) is 0 Å². The van der Waals surface area contributed by atoms with Crippen molar-refractivity contribution >= 4 is 0 Å². The quantitative estimate of drug-likeness (QED) is 0.677. The van der Waals surface area contributed by atoms with Crippen LogP contribution in [-0.4, -0.2) is 22.7 Å². The third-order valence-corrected chi connectivity index (χ3v) is 2.82. The van der Waals surface area contributed by atoms with E-state index in [1.165, 1.54) is 18.5 Å². The fourth-order valence-electron chi connectivity index (χ4n) is 2.12. The smallest absolute Gasteiger partial charge is 0.0893 e. The zero-order chi connectivity index (χ0) is 9.38. The van der Waals surface area contributed by atoms with Gasteiger partial charge in [0.1, 0.15) is 0 Å². The van der Waals surface area contributed by atoms with Crippen LogP contribution in [0.4, 0.5) is 0 Å².